The number of anilines is 1. The van der Waals surface area contributed by atoms with Crippen molar-refractivity contribution >= 4 is 17.5 Å². The molecule has 1 aliphatic carbocycles. The lowest BCUT2D eigenvalue weighted by Gasteiger charge is -2.51. The number of nitrogens with zero attached hydrogens (tertiary/aromatic N) is 4. The van der Waals surface area contributed by atoms with Gasteiger partial charge in [-0.1, -0.05) is 12.1 Å². The summed E-state index contributed by atoms with van der Waals surface area (Å²) in [5.74, 6) is -0.784. The van der Waals surface area contributed by atoms with Crippen LogP contribution in [0.5, 0.6) is 11.5 Å². The summed E-state index contributed by atoms with van der Waals surface area (Å²) >= 11 is 0. The molecule has 268 valence electrons. The predicted molar refractivity (Wildman–Crippen MR) is 169 cm³/mol. The number of benzene rings is 2. The number of hydrogen-bond acceptors (Lipinski definition) is 7. The van der Waals surface area contributed by atoms with Gasteiger partial charge in [0, 0.05) is 58.6 Å². The Balaban J connectivity index is 1.31. The van der Waals surface area contributed by atoms with Crippen molar-refractivity contribution in [2.24, 2.45) is 0 Å². The number of alkyl halides is 6. The molecule has 2 aromatic carbocycles. The number of piperidine rings is 1. The van der Waals surface area contributed by atoms with Crippen LogP contribution in [0, 0.1) is 0 Å². The molecule has 3 heterocycles. The molecule has 3 aliphatic rings. The first kappa shape index (κ1) is 35.3. The maximum absolute atomic E-state index is 14.8. The van der Waals surface area contributed by atoms with Crippen LogP contribution < -0.4 is 14.4 Å². The Morgan fingerprint density at radius 2 is 1.54 bits per heavy atom. The van der Waals surface area contributed by atoms with Gasteiger partial charge in [-0.15, -0.1) is 0 Å². The second kappa shape index (κ2) is 13.6. The van der Waals surface area contributed by atoms with Gasteiger partial charge in [0.2, 0.25) is 5.60 Å². The van der Waals surface area contributed by atoms with E-state index in [4.69, 9.17) is 14.2 Å². The van der Waals surface area contributed by atoms with Crippen molar-refractivity contribution in [2.45, 2.75) is 49.2 Å². The number of halogens is 6. The number of para-hydroxylation sites is 2. The topological polar surface area (TPSA) is 84.4 Å². The second-order valence-corrected chi connectivity index (χ2v) is 12.6. The fraction of sp³-hybridized carbons (Fsp3) is 0.457. The van der Waals surface area contributed by atoms with E-state index < -0.39 is 52.0 Å². The molecule has 0 bridgehead atoms. The van der Waals surface area contributed by atoms with Crippen molar-refractivity contribution in [3.05, 3.63) is 83.7 Å². The molecule has 1 atom stereocenters. The summed E-state index contributed by atoms with van der Waals surface area (Å²) in [6, 6.07) is 12.1. The third-order valence-electron chi connectivity index (χ3n) is 9.64. The summed E-state index contributed by atoms with van der Waals surface area (Å²) in [5, 5.41) is 0. The molecular weight excluding hydrogens is 670 g/mol. The number of methoxy groups -OCH3 is 1. The number of aromatic nitrogens is 1. The van der Waals surface area contributed by atoms with Gasteiger partial charge < -0.3 is 28.9 Å². The van der Waals surface area contributed by atoms with Crippen LogP contribution in [-0.2, 0) is 21.9 Å². The summed E-state index contributed by atoms with van der Waals surface area (Å²) in [7, 11) is 1.57. The van der Waals surface area contributed by atoms with E-state index >= 15 is 0 Å². The van der Waals surface area contributed by atoms with E-state index in [-0.39, 0.29) is 51.1 Å². The number of carbonyl (C=O) groups excluding carboxylic acids is 2. The molecule has 1 unspecified atom stereocenters. The summed E-state index contributed by atoms with van der Waals surface area (Å²) in [6.07, 6.45) is -6.82. The van der Waals surface area contributed by atoms with Gasteiger partial charge in [0.15, 0.2) is 0 Å². The van der Waals surface area contributed by atoms with Crippen LogP contribution >= 0.6 is 0 Å². The predicted octanol–water partition coefficient (Wildman–Crippen LogP) is 6.08. The molecule has 0 N–H and O–H groups in total. The highest BCUT2D eigenvalue weighted by Gasteiger charge is 2.71. The number of amides is 2. The van der Waals surface area contributed by atoms with Gasteiger partial charge in [-0.3, -0.25) is 14.6 Å². The minimum absolute atomic E-state index is 0.0231. The maximum Gasteiger partial charge on any atom is 0.417 e. The minimum atomic E-state index is -4.84. The van der Waals surface area contributed by atoms with Gasteiger partial charge in [0.05, 0.1) is 34.5 Å². The van der Waals surface area contributed by atoms with E-state index in [9.17, 15) is 35.9 Å². The van der Waals surface area contributed by atoms with Crippen molar-refractivity contribution in [3.8, 4) is 11.5 Å². The Kier molecular flexibility index (Phi) is 9.64. The van der Waals surface area contributed by atoms with E-state index in [1.165, 1.54) is 4.90 Å². The first-order valence-electron chi connectivity index (χ1n) is 16.3. The first-order chi connectivity index (χ1) is 23.8. The number of ether oxygens (including phenoxy) is 3. The molecule has 3 fully saturated rings. The number of carbonyl (C=O) groups is 2. The molecule has 2 amide bonds. The van der Waals surface area contributed by atoms with Gasteiger partial charge in [0.1, 0.15) is 18.1 Å². The highest BCUT2D eigenvalue weighted by Crippen LogP contribution is 2.57. The van der Waals surface area contributed by atoms with E-state index in [0.717, 1.165) is 48.4 Å². The van der Waals surface area contributed by atoms with Crippen LogP contribution in [0.1, 0.15) is 47.2 Å². The lowest BCUT2D eigenvalue weighted by atomic mass is 9.79. The molecule has 50 heavy (non-hydrogen) atoms. The average molecular weight is 707 g/mol. The zero-order valence-corrected chi connectivity index (χ0v) is 27.2. The Bertz CT molecular complexity index is 1690. The van der Waals surface area contributed by atoms with Gasteiger partial charge in [-0.05, 0) is 61.7 Å². The van der Waals surface area contributed by atoms with Crippen molar-refractivity contribution in [1.82, 2.24) is 14.8 Å². The van der Waals surface area contributed by atoms with E-state index in [2.05, 4.69) is 9.88 Å². The Morgan fingerprint density at radius 3 is 2.18 bits per heavy atom. The van der Waals surface area contributed by atoms with Crippen LogP contribution in [0.2, 0.25) is 0 Å². The first-order valence-corrected chi connectivity index (χ1v) is 16.3. The highest BCUT2D eigenvalue weighted by atomic mass is 19.4. The van der Waals surface area contributed by atoms with Crippen LogP contribution in [-0.4, -0.2) is 90.8 Å². The molecule has 0 radical (unpaired) electrons. The van der Waals surface area contributed by atoms with E-state index in [1.54, 1.807) is 12.0 Å². The van der Waals surface area contributed by atoms with Crippen molar-refractivity contribution in [1.29, 1.82) is 0 Å². The fourth-order valence-electron chi connectivity index (χ4n) is 7.09. The van der Waals surface area contributed by atoms with Crippen LogP contribution in [0.3, 0.4) is 0 Å². The standard InChI is InChI=1S/C35H36F6N4O5/c1-48-21-22-49-29-6-3-2-5-28(29)43-17-19-44(20-18-43)31(47)33(50-25-9-7-24(8-10-25)34(36,37)38)12-4-16-45(32(33)13-14-32)30(46)26-23-42-15-11-27(26)35(39,40)41/h2-3,5-11,15,23H,4,12-14,16-22H2,1H3. The molecule has 15 heteroatoms. The molecular formula is C35H36F6N4O5. The maximum atomic E-state index is 14.8. The number of rotatable bonds is 9. The SMILES string of the molecule is COCCOc1ccccc1N1CCN(C(=O)C2(Oc3ccc(C(F)(F)F)cc3)CCCN(C(=O)c3cnccc3C(F)(F)F)C23CC3)CC1. The van der Waals surface area contributed by atoms with Crippen molar-refractivity contribution < 1.29 is 50.1 Å². The average Bonchev–Trinajstić information content (AvgIpc) is 3.90. The minimum Gasteiger partial charge on any atom is -0.489 e. The third-order valence-corrected chi connectivity index (χ3v) is 9.64. The van der Waals surface area contributed by atoms with Crippen molar-refractivity contribution in [2.75, 3.05) is 57.9 Å². The zero-order valence-electron chi connectivity index (χ0n) is 27.2. The monoisotopic (exact) mass is 706 g/mol. The van der Waals surface area contributed by atoms with Crippen molar-refractivity contribution in [3.63, 3.8) is 0 Å². The fourth-order valence-corrected chi connectivity index (χ4v) is 7.09. The van der Waals surface area contributed by atoms with Crippen LogP contribution in [0.4, 0.5) is 32.0 Å². The van der Waals surface area contributed by atoms with E-state index in [1.807, 2.05) is 24.3 Å². The van der Waals surface area contributed by atoms with Gasteiger partial charge >= 0.3 is 12.4 Å². The highest BCUT2D eigenvalue weighted by molar-refractivity contribution is 5.98. The lowest BCUT2D eigenvalue weighted by Crippen LogP contribution is -2.71. The molecule has 3 aromatic rings. The molecule has 2 saturated heterocycles. The molecule has 1 aromatic heterocycles. The van der Waals surface area contributed by atoms with Gasteiger partial charge in [-0.2, -0.15) is 26.3 Å². The summed E-state index contributed by atoms with van der Waals surface area (Å²) in [4.78, 5) is 37.5. The molecule has 6 rings (SSSR count). The molecule has 1 spiro atoms. The molecule has 1 saturated carbocycles. The number of pyridine rings is 1. The molecule has 2 aliphatic heterocycles. The summed E-state index contributed by atoms with van der Waals surface area (Å²) in [6.45, 7) is 2.11. The summed E-state index contributed by atoms with van der Waals surface area (Å²) < 4.78 is 99.6. The normalized spacial score (nSPS) is 20.5. The summed E-state index contributed by atoms with van der Waals surface area (Å²) in [5.41, 5.74) is -4.99. The van der Waals surface area contributed by atoms with Gasteiger partial charge in [0.25, 0.3) is 11.8 Å². The van der Waals surface area contributed by atoms with Crippen LogP contribution in [0.25, 0.3) is 0 Å². The van der Waals surface area contributed by atoms with Gasteiger partial charge in [-0.25, -0.2) is 0 Å². The largest absolute Gasteiger partial charge is 0.489 e. The number of likely N-dealkylation sites (tertiary alicyclic amines) is 1. The third kappa shape index (κ3) is 6.66. The molecule has 9 nitrogen and oxygen atoms in total. The smallest absolute Gasteiger partial charge is 0.417 e. The number of piperazine rings is 1. The number of hydrogen-bond donors (Lipinski definition) is 0. The zero-order chi connectivity index (χ0) is 35.7. The van der Waals surface area contributed by atoms with E-state index in [0.29, 0.717) is 32.1 Å². The second-order valence-electron chi connectivity index (χ2n) is 12.6. The quantitative estimate of drug-likeness (QED) is 0.197. The lowest BCUT2D eigenvalue weighted by molar-refractivity contribution is -0.162. The Labute approximate surface area is 284 Å². The Morgan fingerprint density at radius 1 is 0.840 bits per heavy atom. The Hall–Kier alpha value is -4.53. The van der Waals surface area contributed by atoms with Crippen LogP contribution in [0.15, 0.2) is 67.0 Å².